The second-order valence-electron chi connectivity index (χ2n) is 5.76. The van der Waals surface area contributed by atoms with Crippen molar-refractivity contribution in [3.63, 3.8) is 0 Å². The minimum Gasteiger partial charge on any atom is -0.480 e. The Hall–Kier alpha value is -0.710. The lowest BCUT2D eigenvalue weighted by Crippen LogP contribution is -2.55. The predicted molar refractivity (Wildman–Crippen MR) is 76.3 cm³/mol. The fourth-order valence-corrected chi connectivity index (χ4v) is 4.28. The van der Waals surface area contributed by atoms with Crippen LogP contribution >= 0.6 is 11.8 Å². The number of hydrogen-bond donors (Lipinski definition) is 2. The van der Waals surface area contributed by atoms with Crippen LogP contribution in [-0.2, 0) is 9.59 Å². The smallest absolute Gasteiger partial charge is 0.329 e. The second kappa shape index (κ2) is 6.64. The van der Waals surface area contributed by atoms with Gasteiger partial charge in [-0.3, -0.25) is 4.79 Å². The van der Waals surface area contributed by atoms with Crippen molar-refractivity contribution >= 4 is 23.6 Å². The molecule has 2 rings (SSSR count). The van der Waals surface area contributed by atoms with Gasteiger partial charge in [-0.05, 0) is 43.1 Å². The molecule has 1 saturated carbocycles. The summed E-state index contributed by atoms with van der Waals surface area (Å²) in [6, 6.07) is 0. The minimum atomic E-state index is -0.987. The van der Waals surface area contributed by atoms with Crippen molar-refractivity contribution in [2.24, 2.45) is 5.92 Å². The third-order valence-electron chi connectivity index (χ3n) is 4.31. The molecule has 1 saturated heterocycles. The number of rotatable bonds is 4. The highest BCUT2D eigenvalue weighted by Gasteiger charge is 2.41. The molecule has 1 aliphatic heterocycles. The molecule has 108 valence electrons. The quantitative estimate of drug-likeness (QED) is 0.832. The highest BCUT2D eigenvalue weighted by Crippen LogP contribution is 2.30. The zero-order valence-corrected chi connectivity index (χ0v) is 12.1. The van der Waals surface area contributed by atoms with Crippen LogP contribution in [0, 0.1) is 5.92 Å². The van der Waals surface area contributed by atoms with Crippen LogP contribution in [0.1, 0.15) is 51.4 Å². The van der Waals surface area contributed by atoms with Crippen molar-refractivity contribution in [1.29, 1.82) is 0 Å². The molecule has 19 heavy (non-hydrogen) atoms. The molecule has 2 fully saturated rings. The molecule has 4 nitrogen and oxygen atoms in total. The molecule has 1 aliphatic carbocycles. The molecule has 0 radical (unpaired) electrons. The number of nitrogens with one attached hydrogen (secondary N) is 1. The van der Waals surface area contributed by atoms with Crippen LogP contribution in [0.5, 0.6) is 0 Å². The summed E-state index contributed by atoms with van der Waals surface area (Å²) in [7, 11) is 0. The van der Waals surface area contributed by atoms with Crippen LogP contribution in [-0.4, -0.2) is 34.0 Å². The molecule has 2 N–H and O–H groups in total. The molecule has 0 aromatic carbocycles. The van der Waals surface area contributed by atoms with E-state index in [0.29, 0.717) is 25.2 Å². The molecule has 0 atom stereocenters. The molecule has 1 heterocycles. The van der Waals surface area contributed by atoms with Gasteiger partial charge in [0, 0.05) is 6.42 Å². The highest BCUT2D eigenvalue weighted by molar-refractivity contribution is 7.99. The summed E-state index contributed by atoms with van der Waals surface area (Å²) < 4.78 is 0. The molecule has 1 amide bonds. The Kier molecular flexibility index (Phi) is 5.13. The molecule has 0 aromatic rings. The van der Waals surface area contributed by atoms with Crippen LogP contribution in [0.25, 0.3) is 0 Å². The van der Waals surface area contributed by atoms with Crippen molar-refractivity contribution < 1.29 is 14.7 Å². The Bertz CT molecular complexity index is 334. The number of carboxylic acids is 1. The van der Waals surface area contributed by atoms with E-state index in [-0.39, 0.29) is 5.91 Å². The standard InChI is InChI=1S/C14H23NO3S/c16-12(10-11-4-8-19-9-5-11)15-14(13(17)18)6-2-1-3-7-14/h11H,1-10H2,(H,15,16)(H,17,18). The Labute approximate surface area is 118 Å². The number of carbonyl (C=O) groups is 2. The van der Waals surface area contributed by atoms with Gasteiger partial charge >= 0.3 is 5.97 Å². The van der Waals surface area contributed by atoms with Gasteiger partial charge in [0.25, 0.3) is 0 Å². The van der Waals surface area contributed by atoms with E-state index < -0.39 is 11.5 Å². The third-order valence-corrected chi connectivity index (χ3v) is 5.36. The van der Waals surface area contributed by atoms with Crippen molar-refractivity contribution in [3.05, 3.63) is 0 Å². The Morgan fingerprint density at radius 3 is 2.37 bits per heavy atom. The molecule has 5 heteroatoms. The van der Waals surface area contributed by atoms with Gasteiger partial charge in [0.2, 0.25) is 5.91 Å². The van der Waals surface area contributed by atoms with E-state index in [1.54, 1.807) is 0 Å². The fraction of sp³-hybridized carbons (Fsp3) is 0.857. The van der Waals surface area contributed by atoms with E-state index in [4.69, 9.17) is 0 Å². The van der Waals surface area contributed by atoms with Crippen LogP contribution in [0.15, 0.2) is 0 Å². The van der Waals surface area contributed by atoms with Crippen LogP contribution in [0.3, 0.4) is 0 Å². The fourth-order valence-electron chi connectivity index (χ4n) is 3.08. The number of aliphatic carboxylic acids is 1. The largest absolute Gasteiger partial charge is 0.480 e. The summed E-state index contributed by atoms with van der Waals surface area (Å²) in [6.45, 7) is 0. The van der Waals surface area contributed by atoms with Gasteiger partial charge < -0.3 is 10.4 Å². The first-order valence-electron chi connectivity index (χ1n) is 7.24. The molecule has 0 spiro atoms. The first-order chi connectivity index (χ1) is 9.12. The maximum Gasteiger partial charge on any atom is 0.329 e. The average Bonchev–Trinajstić information content (AvgIpc) is 2.40. The second-order valence-corrected chi connectivity index (χ2v) is 6.98. The van der Waals surface area contributed by atoms with Gasteiger partial charge in [0.1, 0.15) is 5.54 Å². The van der Waals surface area contributed by atoms with Gasteiger partial charge in [-0.2, -0.15) is 11.8 Å². The molecular formula is C14H23NO3S. The average molecular weight is 285 g/mol. The Morgan fingerprint density at radius 2 is 1.79 bits per heavy atom. The van der Waals surface area contributed by atoms with E-state index in [2.05, 4.69) is 5.32 Å². The number of hydrogen-bond acceptors (Lipinski definition) is 3. The summed E-state index contributed by atoms with van der Waals surface area (Å²) in [5.74, 6) is 1.76. The summed E-state index contributed by atoms with van der Waals surface area (Å²) in [5.41, 5.74) is -0.987. The van der Waals surface area contributed by atoms with Gasteiger partial charge in [-0.15, -0.1) is 0 Å². The van der Waals surface area contributed by atoms with E-state index in [1.165, 1.54) is 0 Å². The molecule has 0 unspecified atom stereocenters. The van der Waals surface area contributed by atoms with Gasteiger partial charge in [0.15, 0.2) is 0 Å². The van der Waals surface area contributed by atoms with Crippen molar-refractivity contribution in [2.75, 3.05) is 11.5 Å². The van der Waals surface area contributed by atoms with Crippen LogP contribution in [0.4, 0.5) is 0 Å². The van der Waals surface area contributed by atoms with Crippen LogP contribution in [0.2, 0.25) is 0 Å². The minimum absolute atomic E-state index is 0.0683. The topological polar surface area (TPSA) is 66.4 Å². The maximum atomic E-state index is 12.1. The molecule has 2 aliphatic rings. The maximum absolute atomic E-state index is 12.1. The van der Waals surface area contributed by atoms with E-state index in [0.717, 1.165) is 43.6 Å². The zero-order chi connectivity index (χ0) is 13.7. The van der Waals surface area contributed by atoms with Gasteiger partial charge in [0.05, 0.1) is 0 Å². The van der Waals surface area contributed by atoms with E-state index in [9.17, 15) is 14.7 Å². The summed E-state index contributed by atoms with van der Waals surface area (Å²) in [5, 5.41) is 12.3. The highest BCUT2D eigenvalue weighted by atomic mass is 32.2. The number of thioether (sulfide) groups is 1. The zero-order valence-electron chi connectivity index (χ0n) is 11.3. The first kappa shape index (κ1) is 14.7. The Balaban J connectivity index is 1.89. The van der Waals surface area contributed by atoms with Crippen molar-refractivity contribution in [2.45, 2.75) is 56.9 Å². The SMILES string of the molecule is O=C(CC1CCSCC1)NC1(C(=O)O)CCCCC1. The lowest BCUT2D eigenvalue weighted by molar-refractivity contribution is -0.149. The monoisotopic (exact) mass is 285 g/mol. The molecular weight excluding hydrogens is 262 g/mol. The van der Waals surface area contributed by atoms with Crippen molar-refractivity contribution in [1.82, 2.24) is 5.32 Å². The van der Waals surface area contributed by atoms with E-state index in [1.807, 2.05) is 11.8 Å². The van der Waals surface area contributed by atoms with Crippen LogP contribution < -0.4 is 5.32 Å². The lowest BCUT2D eigenvalue weighted by atomic mass is 9.81. The van der Waals surface area contributed by atoms with Gasteiger partial charge in [-0.1, -0.05) is 19.3 Å². The summed E-state index contributed by atoms with van der Waals surface area (Å²) in [6.07, 6.45) is 6.68. The number of amides is 1. The summed E-state index contributed by atoms with van der Waals surface area (Å²) in [4.78, 5) is 23.6. The van der Waals surface area contributed by atoms with Crippen molar-refractivity contribution in [3.8, 4) is 0 Å². The first-order valence-corrected chi connectivity index (χ1v) is 8.40. The van der Waals surface area contributed by atoms with Gasteiger partial charge in [-0.25, -0.2) is 4.79 Å². The number of carbonyl (C=O) groups excluding carboxylic acids is 1. The Morgan fingerprint density at radius 1 is 1.16 bits per heavy atom. The number of carboxylic acid groups (broad SMARTS) is 1. The normalized spacial score (nSPS) is 23.8. The molecule has 0 aromatic heterocycles. The summed E-state index contributed by atoms with van der Waals surface area (Å²) >= 11 is 1.94. The lowest BCUT2D eigenvalue weighted by Gasteiger charge is -2.34. The third kappa shape index (κ3) is 3.88. The molecule has 0 bridgehead atoms. The van der Waals surface area contributed by atoms with E-state index >= 15 is 0 Å². The predicted octanol–water partition coefficient (Wildman–Crippen LogP) is 2.42.